The van der Waals surface area contributed by atoms with Crippen LogP contribution in [0.5, 0.6) is 11.5 Å². The Morgan fingerprint density at radius 3 is 2.68 bits per heavy atom. The number of ether oxygens (including phenoxy) is 2. The van der Waals surface area contributed by atoms with Gasteiger partial charge in [-0.05, 0) is 84.3 Å². The van der Waals surface area contributed by atoms with Gasteiger partial charge in [-0.25, -0.2) is 0 Å². The number of halogens is 1. The van der Waals surface area contributed by atoms with Crippen molar-refractivity contribution in [1.29, 1.82) is 5.26 Å². The Hall–Kier alpha value is -2.53. The predicted octanol–water partition coefficient (Wildman–Crippen LogP) is 5.33. The molecule has 5 nitrogen and oxygen atoms in total. The summed E-state index contributed by atoms with van der Waals surface area (Å²) >= 11 is 2.17. The van der Waals surface area contributed by atoms with Crippen LogP contribution in [0.4, 0.5) is 5.69 Å². The quantitative estimate of drug-likeness (QED) is 0.309. The van der Waals surface area contributed by atoms with Crippen molar-refractivity contribution in [2.24, 2.45) is 0 Å². The molecule has 0 atom stereocenters. The molecular weight excluding hydrogens is 467 g/mol. The maximum Gasteiger partial charge on any atom is 0.266 e. The lowest BCUT2D eigenvalue weighted by Crippen LogP contribution is -2.13. The molecule has 0 saturated heterocycles. The van der Waals surface area contributed by atoms with Crippen LogP contribution in [0.3, 0.4) is 0 Å². The molecular formula is C22H23IN2O3. The lowest BCUT2D eigenvalue weighted by molar-refractivity contribution is -0.112. The topological polar surface area (TPSA) is 71.3 Å². The molecule has 0 heterocycles. The number of carbonyl (C=O) groups is 1. The number of aryl methyl sites for hydroxylation is 1. The first-order chi connectivity index (χ1) is 13.5. The van der Waals surface area contributed by atoms with Crippen LogP contribution in [-0.2, 0) is 4.79 Å². The summed E-state index contributed by atoms with van der Waals surface area (Å²) < 4.78 is 12.4. The van der Waals surface area contributed by atoms with Crippen LogP contribution in [0.1, 0.15) is 31.4 Å². The molecule has 0 aliphatic rings. The van der Waals surface area contributed by atoms with Gasteiger partial charge in [-0.1, -0.05) is 19.1 Å². The molecule has 2 aromatic rings. The number of hydrogen-bond donors (Lipinski definition) is 1. The second-order valence-electron chi connectivity index (χ2n) is 6.10. The zero-order valence-electron chi connectivity index (χ0n) is 16.2. The van der Waals surface area contributed by atoms with Gasteiger partial charge in [0.25, 0.3) is 5.91 Å². The first kappa shape index (κ1) is 21.8. The van der Waals surface area contributed by atoms with Crippen molar-refractivity contribution >= 4 is 40.3 Å². The summed E-state index contributed by atoms with van der Waals surface area (Å²) in [5, 5.41) is 12.2. The molecule has 0 unspecified atom stereocenters. The van der Waals surface area contributed by atoms with E-state index in [0.29, 0.717) is 36.0 Å². The first-order valence-electron chi connectivity index (χ1n) is 9.07. The van der Waals surface area contributed by atoms with Crippen LogP contribution in [0, 0.1) is 21.8 Å². The summed E-state index contributed by atoms with van der Waals surface area (Å²) in [4.78, 5) is 12.5. The Balaban J connectivity index is 2.32. The van der Waals surface area contributed by atoms with Crippen molar-refractivity contribution in [3.63, 3.8) is 0 Å². The van der Waals surface area contributed by atoms with E-state index in [1.165, 1.54) is 0 Å². The predicted molar refractivity (Wildman–Crippen MR) is 120 cm³/mol. The zero-order chi connectivity index (χ0) is 20.5. The second kappa shape index (κ2) is 10.7. The van der Waals surface area contributed by atoms with Gasteiger partial charge in [0.05, 0.1) is 16.8 Å². The number of anilines is 1. The Kier molecular flexibility index (Phi) is 8.33. The fraction of sp³-hybridized carbons (Fsp3) is 0.273. The van der Waals surface area contributed by atoms with E-state index in [2.05, 4.69) is 27.9 Å². The molecule has 1 N–H and O–H groups in total. The van der Waals surface area contributed by atoms with Crippen molar-refractivity contribution in [2.45, 2.75) is 27.2 Å². The first-order valence-corrected chi connectivity index (χ1v) is 10.1. The van der Waals surface area contributed by atoms with Crippen LogP contribution in [0.2, 0.25) is 0 Å². The number of carbonyl (C=O) groups excluding carboxylic acids is 1. The summed E-state index contributed by atoms with van der Waals surface area (Å²) in [6.45, 7) is 6.96. The number of rotatable bonds is 8. The Bertz CT molecular complexity index is 916. The highest BCUT2D eigenvalue weighted by molar-refractivity contribution is 14.1. The SMILES string of the molecule is CCCOc1c(I)cc(/C=C(/C#N)C(=O)Nc2cccc(C)c2)cc1OCC. The molecule has 0 radical (unpaired) electrons. The summed E-state index contributed by atoms with van der Waals surface area (Å²) in [7, 11) is 0. The number of nitriles is 1. The van der Waals surface area contributed by atoms with E-state index in [1.54, 1.807) is 18.2 Å². The molecule has 0 aliphatic heterocycles. The van der Waals surface area contributed by atoms with Crippen molar-refractivity contribution in [3.8, 4) is 17.6 Å². The van der Waals surface area contributed by atoms with Crippen LogP contribution in [0.15, 0.2) is 42.0 Å². The molecule has 28 heavy (non-hydrogen) atoms. The Morgan fingerprint density at radius 2 is 2.04 bits per heavy atom. The van der Waals surface area contributed by atoms with Crippen LogP contribution < -0.4 is 14.8 Å². The van der Waals surface area contributed by atoms with E-state index in [1.807, 2.05) is 51.1 Å². The molecule has 0 aromatic heterocycles. The van der Waals surface area contributed by atoms with Crippen molar-refractivity contribution in [2.75, 3.05) is 18.5 Å². The van der Waals surface area contributed by atoms with Crippen LogP contribution >= 0.6 is 22.6 Å². The average Bonchev–Trinajstić information content (AvgIpc) is 2.65. The second-order valence-corrected chi connectivity index (χ2v) is 7.27. The summed E-state index contributed by atoms with van der Waals surface area (Å²) in [6.07, 6.45) is 2.44. The Morgan fingerprint density at radius 1 is 1.25 bits per heavy atom. The standard InChI is InChI=1S/C22H23IN2O3/c1-4-9-28-21-19(23)12-16(13-20(21)27-5-2)11-17(14-24)22(26)25-18-8-6-7-15(3)10-18/h6-8,10-13H,4-5,9H2,1-3H3,(H,25,26)/b17-11-. The molecule has 2 rings (SSSR count). The smallest absolute Gasteiger partial charge is 0.266 e. The van der Waals surface area contributed by atoms with Gasteiger partial charge in [-0.3, -0.25) is 4.79 Å². The summed E-state index contributed by atoms with van der Waals surface area (Å²) in [5.74, 6) is 0.835. The highest BCUT2D eigenvalue weighted by Crippen LogP contribution is 2.35. The maximum atomic E-state index is 12.5. The fourth-order valence-electron chi connectivity index (χ4n) is 2.51. The lowest BCUT2D eigenvalue weighted by Gasteiger charge is -2.14. The molecule has 0 spiro atoms. The number of benzene rings is 2. The van der Waals surface area contributed by atoms with Gasteiger partial charge in [-0.15, -0.1) is 0 Å². The van der Waals surface area contributed by atoms with Gasteiger partial charge in [0, 0.05) is 5.69 Å². The molecule has 0 aliphatic carbocycles. The van der Waals surface area contributed by atoms with E-state index in [0.717, 1.165) is 15.6 Å². The van der Waals surface area contributed by atoms with Crippen molar-refractivity contribution in [3.05, 3.63) is 56.7 Å². The molecule has 0 saturated carbocycles. The molecule has 0 bridgehead atoms. The van der Waals surface area contributed by atoms with Crippen molar-refractivity contribution < 1.29 is 14.3 Å². The number of nitrogens with one attached hydrogen (secondary N) is 1. The average molecular weight is 490 g/mol. The van der Waals surface area contributed by atoms with Crippen LogP contribution in [-0.4, -0.2) is 19.1 Å². The lowest BCUT2D eigenvalue weighted by atomic mass is 10.1. The third-order valence-electron chi connectivity index (χ3n) is 3.73. The van der Waals surface area contributed by atoms with Crippen molar-refractivity contribution in [1.82, 2.24) is 0 Å². The third kappa shape index (κ3) is 5.99. The monoisotopic (exact) mass is 490 g/mol. The molecule has 1 amide bonds. The summed E-state index contributed by atoms with van der Waals surface area (Å²) in [5.41, 5.74) is 2.40. The zero-order valence-corrected chi connectivity index (χ0v) is 18.4. The van der Waals surface area contributed by atoms with E-state index in [4.69, 9.17) is 9.47 Å². The van der Waals surface area contributed by atoms with E-state index in [-0.39, 0.29) is 5.57 Å². The van der Waals surface area contributed by atoms with Gasteiger partial charge in [0.2, 0.25) is 0 Å². The summed E-state index contributed by atoms with van der Waals surface area (Å²) in [6, 6.07) is 13.1. The molecule has 146 valence electrons. The van der Waals surface area contributed by atoms with Gasteiger partial charge in [0.15, 0.2) is 11.5 Å². The van der Waals surface area contributed by atoms with E-state index >= 15 is 0 Å². The number of hydrogen-bond acceptors (Lipinski definition) is 4. The highest BCUT2D eigenvalue weighted by Gasteiger charge is 2.14. The molecule has 6 heteroatoms. The minimum atomic E-state index is -0.452. The van der Waals surface area contributed by atoms with Gasteiger partial charge in [-0.2, -0.15) is 5.26 Å². The number of nitrogens with zero attached hydrogens (tertiary/aromatic N) is 1. The normalized spacial score (nSPS) is 10.9. The van der Waals surface area contributed by atoms with Gasteiger partial charge < -0.3 is 14.8 Å². The van der Waals surface area contributed by atoms with Crippen LogP contribution in [0.25, 0.3) is 6.08 Å². The van der Waals surface area contributed by atoms with E-state index in [9.17, 15) is 10.1 Å². The van der Waals surface area contributed by atoms with Gasteiger partial charge >= 0.3 is 0 Å². The highest BCUT2D eigenvalue weighted by atomic mass is 127. The molecule has 2 aromatic carbocycles. The molecule has 0 fully saturated rings. The minimum absolute atomic E-state index is 0.0157. The minimum Gasteiger partial charge on any atom is -0.490 e. The maximum absolute atomic E-state index is 12.5. The fourth-order valence-corrected chi connectivity index (χ4v) is 3.30. The number of amides is 1. The van der Waals surface area contributed by atoms with E-state index < -0.39 is 5.91 Å². The van der Waals surface area contributed by atoms with Gasteiger partial charge in [0.1, 0.15) is 11.6 Å². The third-order valence-corrected chi connectivity index (χ3v) is 4.54. The largest absolute Gasteiger partial charge is 0.490 e. The Labute approximate surface area is 179 Å².